The van der Waals surface area contributed by atoms with Crippen LogP contribution < -0.4 is 10.5 Å². The van der Waals surface area contributed by atoms with Gasteiger partial charge in [0.1, 0.15) is 16.5 Å². The Morgan fingerprint density at radius 3 is 2.88 bits per heavy atom. The van der Waals surface area contributed by atoms with Gasteiger partial charge in [0.05, 0.1) is 31.2 Å². The molecule has 1 saturated heterocycles. The summed E-state index contributed by atoms with van der Waals surface area (Å²) >= 11 is 6.22. The van der Waals surface area contributed by atoms with Crippen LogP contribution in [-0.4, -0.2) is 47.3 Å². The largest absolute Gasteiger partial charge is 0.394 e. The molecular weight excluding hydrogens is 368 g/mol. The number of halogens is 3. The molecule has 2 aromatic rings. The van der Waals surface area contributed by atoms with Crippen molar-refractivity contribution in [1.29, 1.82) is 0 Å². The van der Waals surface area contributed by atoms with Crippen LogP contribution in [0.4, 0.5) is 14.5 Å². The van der Waals surface area contributed by atoms with Gasteiger partial charge in [0.2, 0.25) is 0 Å². The van der Waals surface area contributed by atoms with Crippen LogP contribution in [0.25, 0.3) is 5.69 Å². The van der Waals surface area contributed by atoms with Crippen LogP contribution in [0.1, 0.15) is 12.8 Å². The van der Waals surface area contributed by atoms with Crippen molar-refractivity contribution in [2.45, 2.75) is 18.9 Å². The van der Waals surface area contributed by atoms with E-state index in [1.165, 1.54) is 6.20 Å². The average Bonchev–Trinajstić information content (AvgIpc) is 2.63. The minimum Gasteiger partial charge on any atom is -0.394 e. The minimum atomic E-state index is -0.904. The summed E-state index contributed by atoms with van der Waals surface area (Å²) in [6, 6.07) is 2.86. The lowest BCUT2D eigenvalue weighted by Crippen LogP contribution is -2.41. The summed E-state index contributed by atoms with van der Waals surface area (Å²) < 4.78 is 33.4. The van der Waals surface area contributed by atoms with Crippen LogP contribution >= 0.6 is 11.6 Å². The van der Waals surface area contributed by atoms with Gasteiger partial charge in [-0.3, -0.25) is 4.79 Å². The van der Waals surface area contributed by atoms with Gasteiger partial charge in [-0.15, -0.1) is 0 Å². The molecule has 1 aromatic heterocycles. The van der Waals surface area contributed by atoms with E-state index in [-0.39, 0.29) is 30.0 Å². The summed E-state index contributed by atoms with van der Waals surface area (Å²) in [5, 5.41) is 12.8. The number of aliphatic hydroxyl groups excluding tert-OH is 1. The molecule has 140 valence electrons. The van der Waals surface area contributed by atoms with E-state index in [1.54, 1.807) is 0 Å². The van der Waals surface area contributed by atoms with E-state index in [4.69, 9.17) is 21.4 Å². The van der Waals surface area contributed by atoms with E-state index >= 15 is 0 Å². The normalized spacial score (nSPS) is 17.5. The topological polar surface area (TPSA) is 67.6 Å². The second kappa shape index (κ2) is 8.11. The highest BCUT2D eigenvalue weighted by Crippen LogP contribution is 2.26. The van der Waals surface area contributed by atoms with Crippen LogP contribution in [-0.2, 0) is 4.74 Å². The van der Waals surface area contributed by atoms with Crippen LogP contribution in [0.2, 0.25) is 5.02 Å². The lowest BCUT2D eigenvalue weighted by Gasteiger charge is -2.34. The molecule has 1 fully saturated rings. The monoisotopic (exact) mass is 385 g/mol. The average molecular weight is 386 g/mol. The first-order valence-corrected chi connectivity index (χ1v) is 8.59. The quantitative estimate of drug-likeness (QED) is 0.854. The minimum absolute atomic E-state index is 0.0574. The van der Waals surface area contributed by atoms with Crippen LogP contribution in [0.15, 0.2) is 29.2 Å². The third-order valence-electron chi connectivity index (χ3n) is 4.20. The van der Waals surface area contributed by atoms with Gasteiger partial charge >= 0.3 is 0 Å². The van der Waals surface area contributed by atoms with E-state index in [1.807, 2.05) is 4.90 Å². The first-order valence-electron chi connectivity index (χ1n) is 8.22. The van der Waals surface area contributed by atoms with E-state index in [0.717, 1.165) is 29.7 Å². The van der Waals surface area contributed by atoms with Gasteiger partial charge < -0.3 is 14.7 Å². The maximum atomic E-state index is 13.9. The number of aromatic nitrogens is 2. The van der Waals surface area contributed by atoms with E-state index in [2.05, 4.69) is 5.10 Å². The fraction of sp³-hybridized carbons (Fsp3) is 0.412. The molecule has 0 aliphatic carbocycles. The molecule has 3 rings (SSSR count). The van der Waals surface area contributed by atoms with Crippen LogP contribution in [0.5, 0.6) is 0 Å². The number of ether oxygens (including phenoxy) is 1. The van der Waals surface area contributed by atoms with Crippen molar-refractivity contribution < 1.29 is 18.6 Å². The Morgan fingerprint density at radius 2 is 2.15 bits per heavy atom. The Labute approximate surface area is 153 Å². The summed E-state index contributed by atoms with van der Waals surface area (Å²) in [6.07, 6.45) is 2.99. The number of rotatable bonds is 5. The molecule has 0 radical (unpaired) electrons. The predicted molar refractivity (Wildman–Crippen MR) is 93.0 cm³/mol. The van der Waals surface area contributed by atoms with Crippen molar-refractivity contribution in [3.05, 3.63) is 51.4 Å². The lowest BCUT2D eigenvalue weighted by atomic mass is 10.1. The van der Waals surface area contributed by atoms with E-state index in [0.29, 0.717) is 24.8 Å². The third-order valence-corrected chi connectivity index (χ3v) is 4.56. The molecule has 6 nitrogen and oxygen atoms in total. The smallest absolute Gasteiger partial charge is 0.292 e. The van der Waals surface area contributed by atoms with Crippen LogP contribution in [0.3, 0.4) is 0 Å². The van der Waals surface area contributed by atoms with Crippen molar-refractivity contribution in [1.82, 2.24) is 9.78 Å². The molecule has 1 atom stereocenters. The van der Waals surface area contributed by atoms with Gasteiger partial charge in [0, 0.05) is 19.2 Å². The Morgan fingerprint density at radius 1 is 1.35 bits per heavy atom. The second-order valence-electron chi connectivity index (χ2n) is 5.96. The number of aliphatic hydroxyl groups is 1. The SMILES string of the molecule is O=c1c(Cl)c(N2CCCC(OCCO)C2)cnn1-c1ccc(F)cc1F. The number of hydrogen-bond donors (Lipinski definition) is 1. The molecule has 9 heteroatoms. The van der Waals surface area contributed by atoms with Gasteiger partial charge in [-0.2, -0.15) is 9.78 Å². The molecule has 0 amide bonds. The Hall–Kier alpha value is -2.03. The zero-order valence-electron chi connectivity index (χ0n) is 13.9. The Balaban J connectivity index is 1.89. The van der Waals surface area contributed by atoms with Crippen molar-refractivity contribution in [2.24, 2.45) is 0 Å². The summed E-state index contributed by atoms with van der Waals surface area (Å²) in [7, 11) is 0. The van der Waals surface area contributed by atoms with Gasteiger partial charge in [-0.05, 0) is 25.0 Å². The van der Waals surface area contributed by atoms with E-state index < -0.39 is 17.2 Å². The highest BCUT2D eigenvalue weighted by molar-refractivity contribution is 6.33. The summed E-state index contributed by atoms with van der Waals surface area (Å²) in [5.41, 5.74) is -0.423. The number of hydrogen-bond acceptors (Lipinski definition) is 5. The number of piperidine rings is 1. The first-order chi connectivity index (χ1) is 12.5. The molecule has 1 aliphatic heterocycles. The number of anilines is 1. The fourth-order valence-electron chi connectivity index (χ4n) is 2.98. The van der Waals surface area contributed by atoms with Crippen molar-refractivity contribution in [2.75, 3.05) is 31.2 Å². The lowest BCUT2D eigenvalue weighted by molar-refractivity contribution is 0.0214. The molecule has 1 aliphatic rings. The highest BCUT2D eigenvalue weighted by atomic mass is 35.5. The van der Waals surface area contributed by atoms with E-state index in [9.17, 15) is 13.6 Å². The predicted octanol–water partition coefficient (Wildman–Crippen LogP) is 2.14. The van der Waals surface area contributed by atoms with Gasteiger partial charge in [-0.25, -0.2) is 8.78 Å². The maximum Gasteiger partial charge on any atom is 0.292 e. The molecule has 2 heterocycles. The zero-order chi connectivity index (χ0) is 18.7. The molecule has 0 bridgehead atoms. The number of benzene rings is 1. The van der Waals surface area contributed by atoms with Gasteiger partial charge in [0.15, 0.2) is 5.82 Å². The summed E-state index contributed by atoms with van der Waals surface area (Å²) in [4.78, 5) is 14.4. The standard InChI is InChI=1S/C17H18ClF2N3O3/c18-16-15(22-5-1-2-12(10-22)26-7-6-24)9-21-23(17(16)25)14-4-3-11(19)8-13(14)20/h3-4,8-9,12,24H,1-2,5-7,10H2. The Kier molecular flexibility index (Phi) is 5.85. The summed E-state index contributed by atoms with van der Waals surface area (Å²) in [5.74, 6) is -1.65. The van der Waals surface area contributed by atoms with Crippen molar-refractivity contribution >= 4 is 17.3 Å². The third kappa shape index (κ3) is 3.87. The van der Waals surface area contributed by atoms with Crippen LogP contribution in [0, 0.1) is 11.6 Å². The molecule has 0 spiro atoms. The molecule has 1 aromatic carbocycles. The summed E-state index contributed by atoms with van der Waals surface area (Å²) in [6.45, 7) is 1.37. The van der Waals surface area contributed by atoms with Crippen molar-refractivity contribution in [3.63, 3.8) is 0 Å². The first kappa shape index (κ1) is 18.8. The zero-order valence-corrected chi connectivity index (χ0v) is 14.6. The Bertz CT molecular complexity index is 846. The fourth-order valence-corrected chi connectivity index (χ4v) is 3.23. The molecular formula is C17H18ClF2N3O3. The highest BCUT2D eigenvalue weighted by Gasteiger charge is 2.24. The molecule has 1 N–H and O–H groups in total. The van der Waals surface area contributed by atoms with Gasteiger partial charge in [0.25, 0.3) is 5.56 Å². The molecule has 26 heavy (non-hydrogen) atoms. The van der Waals surface area contributed by atoms with Crippen molar-refractivity contribution in [3.8, 4) is 5.69 Å². The molecule has 1 unspecified atom stereocenters. The second-order valence-corrected chi connectivity index (χ2v) is 6.34. The molecule has 0 saturated carbocycles. The van der Waals surface area contributed by atoms with Gasteiger partial charge in [-0.1, -0.05) is 11.6 Å². The number of nitrogens with zero attached hydrogens (tertiary/aromatic N) is 3. The maximum absolute atomic E-state index is 13.9.